The maximum atomic E-state index is 6.03. The molecule has 1 atom stereocenters. The monoisotopic (exact) mass is 602 g/mol. The predicted molar refractivity (Wildman–Crippen MR) is 107 cm³/mol. The van der Waals surface area contributed by atoms with Crippen molar-refractivity contribution in [2.75, 3.05) is 12.4 Å². The summed E-state index contributed by atoms with van der Waals surface area (Å²) < 4.78 is 9.63. The molecule has 1 rings (SSSR count). The fourth-order valence-corrected chi connectivity index (χ4v) is 5.97. The maximum absolute atomic E-state index is 6.03. The molecule has 0 radical (unpaired) electrons. The van der Waals surface area contributed by atoms with Crippen molar-refractivity contribution < 1.29 is 4.74 Å². The highest BCUT2D eigenvalue weighted by Gasteiger charge is 2.24. The Bertz CT molecular complexity index is 392. The van der Waals surface area contributed by atoms with Gasteiger partial charge in [0.05, 0.1) is 13.7 Å². The van der Waals surface area contributed by atoms with Crippen molar-refractivity contribution in [3.63, 3.8) is 0 Å². The van der Waals surface area contributed by atoms with Crippen molar-refractivity contribution in [3.05, 3.63) is 22.8 Å². The maximum Gasteiger partial charge on any atom is 0.146 e. The van der Waals surface area contributed by atoms with Crippen molar-refractivity contribution in [2.45, 2.75) is 20.8 Å². The highest BCUT2D eigenvalue weighted by molar-refractivity contribution is 14.1. The Balaban J connectivity index is 2.80. The molecule has 0 spiro atoms. The first-order valence-corrected chi connectivity index (χ1v) is 9.50. The van der Waals surface area contributed by atoms with Gasteiger partial charge >= 0.3 is 0 Å². The molecule has 5 heteroatoms. The predicted octanol–water partition coefficient (Wildman–Crippen LogP) is 5.47. The number of thiol groups is 1. The van der Waals surface area contributed by atoms with Crippen LogP contribution in [0.15, 0.2) is 12.1 Å². The molecular formula is C13H17I3OS. The zero-order chi connectivity index (χ0) is 13.9. The first kappa shape index (κ1) is 17.6. The summed E-state index contributed by atoms with van der Waals surface area (Å²) in [6.07, 6.45) is 0. The van der Waals surface area contributed by atoms with Gasteiger partial charge in [0, 0.05) is 9.49 Å². The Labute approximate surface area is 156 Å². The lowest BCUT2D eigenvalue weighted by molar-refractivity contribution is 0.164. The normalized spacial score (nSPS) is 13.5. The van der Waals surface area contributed by atoms with Gasteiger partial charge in [-0.25, -0.2) is 0 Å². The van der Waals surface area contributed by atoms with Crippen LogP contribution >= 0.6 is 80.4 Å². The van der Waals surface area contributed by atoms with Crippen LogP contribution in [0.25, 0.3) is 0 Å². The second-order valence-electron chi connectivity index (χ2n) is 5.26. The smallest absolute Gasteiger partial charge is 0.146 e. The van der Waals surface area contributed by atoms with Crippen LogP contribution in [0.2, 0.25) is 0 Å². The van der Waals surface area contributed by atoms with E-state index in [1.807, 2.05) is 0 Å². The number of rotatable bonds is 4. The summed E-state index contributed by atoms with van der Waals surface area (Å²) in [6.45, 7) is 7.43. The summed E-state index contributed by atoms with van der Waals surface area (Å²) in [5.41, 5.74) is 0.224. The number of ether oxygens (including phenoxy) is 1. The van der Waals surface area contributed by atoms with E-state index >= 15 is 0 Å². The van der Waals surface area contributed by atoms with Crippen LogP contribution in [0.3, 0.4) is 0 Å². The van der Waals surface area contributed by atoms with Gasteiger partial charge in [0.25, 0.3) is 0 Å². The third-order valence-electron chi connectivity index (χ3n) is 2.84. The summed E-state index contributed by atoms with van der Waals surface area (Å²) in [5.74, 6) is 2.31. The summed E-state index contributed by atoms with van der Waals surface area (Å²) in [6, 6.07) is 4.29. The molecule has 0 N–H and O–H groups in total. The third kappa shape index (κ3) is 5.16. The van der Waals surface area contributed by atoms with Gasteiger partial charge in [0.15, 0.2) is 0 Å². The van der Waals surface area contributed by atoms with Gasteiger partial charge in [0.2, 0.25) is 0 Å². The van der Waals surface area contributed by atoms with E-state index in [0.717, 1.165) is 18.1 Å². The first-order chi connectivity index (χ1) is 8.25. The molecule has 0 saturated heterocycles. The van der Waals surface area contributed by atoms with E-state index in [0.29, 0.717) is 5.92 Å². The van der Waals surface area contributed by atoms with Crippen molar-refractivity contribution in [3.8, 4) is 5.75 Å². The quantitative estimate of drug-likeness (QED) is 0.356. The van der Waals surface area contributed by atoms with E-state index in [-0.39, 0.29) is 5.41 Å². The fraction of sp³-hybridized carbons (Fsp3) is 0.538. The molecule has 0 heterocycles. The molecule has 1 nitrogen and oxygen atoms in total. The average Bonchev–Trinajstić information content (AvgIpc) is 2.19. The standard InChI is InChI=1S/C13H17I3OS/c1-13(2,3)8(7-18)6-17-12-10(15)4-9(14)5-11(12)16/h4-5,8,18H,6-7H2,1-3H3. The third-order valence-corrected chi connectivity index (χ3v) is 5.50. The van der Waals surface area contributed by atoms with Crippen LogP contribution in [0.4, 0.5) is 0 Å². The topological polar surface area (TPSA) is 9.23 Å². The summed E-state index contributed by atoms with van der Waals surface area (Å²) in [5, 5.41) is 0. The molecular weight excluding hydrogens is 585 g/mol. The lowest BCUT2D eigenvalue weighted by atomic mass is 9.82. The molecule has 102 valence electrons. The number of benzene rings is 1. The highest BCUT2D eigenvalue weighted by atomic mass is 127. The lowest BCUT2D eigenvalue weighted by Gasteiger charge is -2.29. The van der Waals surface area contributed by atoms with E-state index in [2.05, 4.69) is 113 Å². The summed E-state index contributed by atoms with van der Waals surface area (Å²) >= 11 is 11.4. The first-order valence-electron chi connectivity index (χ1n) is 5.64. The molecule has 0 amide bonds. The molecule has 18 heavy (non-hydrogen) atoms. The Morgan fingerprint density at radius 1 is 1.17 bits per heavy atom. The minimum absolute atomic E-state index is 0.224. The molecule has 1 aromatic rings. The Kier molecular flexibility index (Phi) is 7.37. The van der Waals surface area contributed by atoms with Gasteiger partial charge in [-0.05, 0) is 91.1 Å². The summed E-state index contributed by atoms with van der Waals surface area (Å²) in [7, 11) is 0. The number of hydrogen-bond acceptors (Lipinski definition) is 2. The van der Waals surface area contributed by atoms with Crippen LogP contribution in [0, 0.1) is 22.0 Å². The van der Waals surface area contributed by atoms with Gasteiger partial charge in [-0.1, -0.05) is 20.8 Å². The highest BCUT2D eigenvalue weighted by Crippen LogP contribution is 2.32. The molecule has 0 aliphatic carbocycles. The van der Waals surface area contributed by atoms with Crippen molar-refractivity contribution in [1.82, 2.24) is 0 Å². The Morgan fingerprint density at radius 3 is 2.06 bits per heavy atom. The van der Waals surface area contributed by atoms with Gasteiger partial charge < -0.3 is 4.74 Å². The van der Waals surface area contributed by atoms with Crippen LogP contribution in [0.1, 0.15) is 20.8 Å². The average molecular weight is 602 g/mol. The largest absolute Gasteiger partial charge is 0.491 e. The van der Waals surface area contributed by atoms with Crippen molar-refractivity contribution in [1.29, 1.82) is 0 Å². The zero-order valence-corrected chi connectivity index (χ0v) is 18.0. The molecule has 0 fully saturated rings. The molecule has 0 aliphatic heterocycles. The second kappa shape index (κ2) is 7.53. The molecule has 0 aliphatic rings. The van der Waals surface area contributed by atoms with E-state index in [1.54, 1.807) is 0 Å². The van der Waals surface area contributed by atoms with Crippen LogP contribution < -0.4 is 4.74 Å². The van der Waals surface area contributed by atoms with Gasteiger partial charge in [-0.2, -0.15) is 12.6 Å². The fourth-order valence-electron chi connectivity index (χ4n) is 1.43. The SMILES string of the molecule is CC(C)(C)C(CS)COc1c(I)cc(I)cc1I. The second-order valence-corrected chi connectivity index (χ2v) is 9.19. The molecule has 0 saturated carbocycles. The van der Waals surface area contributed by atoms with Crippen LogP contribution in [-0.2, 0) is 0 Å². The van der Waals surface area contributed by atoms with Crippen LogP contribution in [-0.4, -0.2) is 12.4 Å². The lowest BCUT2D eigenvalue weighted by Crippen LogP contribution is -2.28. The van der Waals surface area contributed by atoms with Crippen molar-refractivity contribution in [2.24, 2.45) is 11.3 Å². The molecule has 0 bridgehead atoms. The van der Waals surface area contributed by atoms with Crippen molar-refractivity contribution >= 4 is 80.4 Å². The van der Waals surface area contributed by atoms with E-state index < -0.39 is 0 Å². The minimum Gasteiger partial charge on any atom is -0.491 e. The van der Waals surface area contributed by atoms with E-state index in [1.165, 1.54) is 10.7 Å². The molecule has 1 unspecified atom stereocenters. The van der Waals surface area contributed by atoms with Crippen LogP contribution in [0.5, 0.6) is 5.75 Å². The van der Waals surface area contributed by atoms with Gasteiger partial charge in [0.1, 0.15) is 5.75 Å². The molecule has 1 aromatic carbocycles. The number of hydrogen-bond donors (Lipinski definition) is 1. The zero-order valence-electron chi connectivity index (χ0n) is 10.6. The Hall–Kier alpha value is 1.56. The van der Waals surface area contributed by atoms with Gasteiger partial charge in [-0.15, -0.1) is 0 Å². The summed E-state index contributed by atoms with van der Waals surface area (Å²) in [4.78, 5) is 0. The minimum atomic E-state index is 0.224. The van der Waals surface area contributed by atoms with E-state index in [4.69, 9.17) is 4.74 Å². The van der Waals surface area contributed by atoms with Gasteiger partial charge in [-0.3, -0.25) is 0 Å². The van der Waals surface area contributed by atoms with E-state index in [9.17, 15) is 0 Å². The molecule has 0 aromatic heterocycles. The number of halogens is 3. The Morgan fingerprint density at radius 2 is 1.67 bits per heavy atom.